The van der Waals surface area contributed by atoms with Crippen molar-refractivity contribution < 1.29 is 4.74 Å². The molecule has 2 aliphatic heterocycles. The minimum atomic E-state index is 0.645. The molecule has 0 aromatic heterocycles. The molecule has 2 saturated heterocycles. The fourth-order valence-electron chi connectivity index (χ4n) is 1.97. The van der Waals surface area contributed by atoms with E-state index in [1.807, 2.05) is 0 Å². The van der Waals surface area contributed by atoms with E-state index in [2.05, 4.69) is 17.1 Å². The third kappa shape index (κ3) is 2.15. The number of hydrogen-bond donors (Lipinski definition) is 1. The molecule has 2 rings (SSSR count). The van der Waals surface area contributed by atoms with Crippen molar-refractivity contribution in [3.63, 3.8) is 0 Å². The topological polar surface area (TPSA) is 21.3 Å². The van der Waals surface area contributed by atoms with Gasteiger partial charge < -0.3 is 10.1 Å². The molecule has 0 aromatic carbocycles. The molecule has 2 nitrogen and oxygen atoms in total. The predicted molar refractivity (Wildman–Crippen MR) is 52.7 cm³/mol. The summed E-state index contributed by atoms with van der Waals surface area (Å²) >= 11 is 2.10. The summed E-state index contributed by atoms with van der Waals surface area (Å²) in [4.78, 5) is 0. The van der Waals surface area contributed by atoms with E-state index >= 15 is 0 Å². The third-order valence-corrected chi connectivity index (χ3v) is 3.96. The molecular formula is C9H17NOS. The molecule has 2 unspecified atom stereocenters. The standard InChI is InChI=1S/C9H17NOS/c1-2-8(7-12-5-1)9-6-11-4-3-10-9/h8-10H,1-7H2. The van der Waals surface area contributed by atoms with Crippen molar-refractivity contribution in [1.82, 2.24) is 5.32 Å². The number of nitrogens with one attached hydrogen (secondary N) is 1. The van der Waals surface area contributed by atoms with Crippen LogP contribution >= 0.6 is 11.8 Å². The van der Waals surface area contributed by atoms with Gasteiger partial charge in [-0.05, 0) is 30.3 Å². The van der Waals surface area contributed by atoms with Crippen LogP contribution in [0.1, 0.15) is 12.8 Å². The van der Waals surface area contributed by atoms with E-state index < -0.39 is 0 Å². The summed E-state index contributed by atoms with van der Waals surface area (Å²) in [6, 6.07) is 0.645. The van der Waals surface area contributed by atoms with E-state index in [0.717, 1.165) is 25.7 Å². The summed E-state index contributed by atoms with van der Waals surface area (Å²) in [5, 5.41) is 3.55. The predicted octanol–water partition coefficient (Wildman–Crippen LogP) is 1.12. The lowest BCUT2D eigenvalue weighted by Crippen LogP contribution is -2.47. The first-order valence-corrected chi connectivity index (χ1v) is 6.01. The lowest BCUT2D eigenvalue weighted by molar-refractivity contribution is 0.0583. The molecule has 0 saturated carbocycles. The highest BCUT2D eigenvalue weighted by molar-refractivity contribution is 7.99. The smallest absolute Gasteiger partial charge is 0.0623 e. The average molecular weight is 187 g/mol. The van der Waals surface area contributed by atoms with E-state index in [0.29, 0.717) is 6.04 Å². The van der Waals surface area contributed by atoms with E-state index in [9.17, 15) is 0 Å². The van der Waals surface area contributed by atoms with Crippen LogP contribution in [0.3, 0.4) is 0 Å². The molecule has 2 fully saturated rings. The average Bonchev–Trinajstić information content (AvgIpc) is 2.21. The van der Waals surface area contributed by atoms with E-state index in [1.165, 1.54) is 24.3 Å². The Balaban J connectivity index is 1.80. The van der Waals surface area contributed by atoms with Crippen LogP contribution in [-0.4, -0.2) is 37.3 Å². The van der Waals surface area contributed by atoms with Crippen LogP contribution in [-0.2, 0) is 4.74 Å². The Morgan fingerprint density at radius 1 is 1.42 bits per heavy atom. The fourth-order valence-corrected chi connectivity index (χ4v) is 3.21. The number of hydrogen-bond acceptors (Lipinski definition) is 3. The van der Waals surface area contributed by atoms with Gasteiger partial charge in [-0.1, -0.05) is 0 Å². The van der Waals surface area contributed by atoms with Crippen molar-refractivity contribution in [3.05, 3.63) is 0 Å². The second kappa shape index (κ2) is 4.49. The second-order valence-corrected chi connectivity index (χ2v) is 4.76. The lowest BCUT2D eigenvalue weighted by atomic mass is 9.96. The summed E-state index contributed by atoms with van der Waals surface area (Å²) < 4.78 is 5.46. The van der Waals surface area contributed by atoms with Gasteiger partial charge in [0.2, 0.25) is 0 Å². The first-order chi connectivity index (χ1) is 5.97. The third-order valence-electron chi connectivity index (χ3n) is 2.71. The molecule has 12 heavy (non-hydrogen) atoms. The van der Waals surface area contributed by atoms with Crippen molar-refractivity contribution in [3.8, 4) is 0 Å². The number of rotatable bonds is 1. The van der Waals surface area contributed by atoms with Crippen LogP contribution < -0.4 is 5.32 Å². The SMILES string of the molecule is C1CSCC(C2COCCN2)C1. The first-order valence-electron chi connectivity index (χ1n) is 4.86. The molecule has 70 valence electrons. The Hall–Kier alpha value is 0.270. The quantitative estimate of drug-likeness (QED) is 0.664. The highest BCUT2D eigenvalue weighted by atomic mass is 32.2. The highest BCUT2D eigenvalue weighted by Crippen LogP contribution is 2.25. The maximum absolute atomic E-state index is 5.46. The van der Waals surface area contributed by atoms with Crippen LogP contribution in [0.4, 0.5) is 0 Å². The van der Waals surface area contributed by atoms with E-state index in [4.69, 9.17) is 4.74 Å². The summed E-state index contributed by atoms with van der Waals surface area (Å²) in [6.45, 7) is 2.88. The van der Waals surface area contributed by atoms with Gasteiger partial charge in [0.05, 0.1) is 13.2 Å². The van der Waals surface area contributed by atoms with E-state index in [-0.39, 0.29) is 0 Å². The van der Waals surface area contributed by atoms with Crippen LogP contribution in [0.25, 0.3) is 0 Å². The first kappa shape index (κ1) is 8.85. The normalized spacial score (nSPS) is 38.0. The molecule has 2 aliphatic rings. The van der Waals surface area contributed by atoms with Gasteiger partial charge in [0, 0.05) is 12.6 Å². The highest BCUT2D eigenvalue weighted by Gasteiger charge is 2.25. The van der Waals surface area contributed by atoms with Crippen molar-refractivity contribution >= 4 is 11.8 Å². The van der Waals surface area contributed by atoms with Gasteiger partial charge in [0.15, 0.2) is 0 Å². The largest absolute Gasteiger partial charge is 0.379 e. The summed E-state index contributed by atoms with van der Waals surface area (Å²) in [5.41, 5.74) is 0. The van der Waals surface area contributed by atoms with Gasteiger partial charge in [0.25, 0.3) is 0 Å². The Morgan fingerprint density at radius 3 is 3.08 bits per heavy atom. The van der Waals surface area contributed by atoms with Gasteiger partial charge in [-0.3, -0.25) is 0 Å². The van der Waals surface area contributed by atoms with Crippen LogP contribution in [0.5, 0.6) is 0 Å². The van der Waals surface area contributed by atoms with Crippen molar-refractivity contribution in [2.45, 2.75) is 18.9 Å². The van der Waals surface area contributed by atoms with Crippen LogP contribution in [0.15, 0.2) is 0 Å². The zero-order valence-electron chi connectivity index (χ0n) is 7.42. The Kier molecular flexibility index (Phi) is 3.31. The molecule has 0 spiro atoms. The maximum atomic E-state index is 5.46. The fraction of sp³-hybridized carbons (Fsp3) is 1.00. The number of morpholine rings is 1. The molecule has 2 atom stereocenters. The summed E-state index contributed by atoms with van der Waals surface area (Å²) in [7, 11) is 0. The summed E-state index contributed by atoms with van der Waals surface area (Å²) in [6.07, 6.45) is 2.79. The van der Waals surface area contributed by atoms with Gasteiger partial charge in [-0.25, -0.2) is 0 Å². The number of ether oxygens (including phenoxy) is 1. The maximum Gasteiger partial charge on any atom is 0.0623 e. The van der Waals surface area contributed by atoms with Crippen LogP contribution in [0.2, 0.25) is 0 Å². The molecule has 0 aliphatic carbocycles. The van der Waals surface area contributed by atoms with Crippen LogP contribution in [0, 0.1) is 5.92 Å². The molecule has 3 heteroatoms. The van der Waals surface area contributed by atoms with Gasteiger partial charge >= 0.3 is 0 Å². The lowest BCUT2D eigenvalue weighted by Gasteiger charge is -2.33. The molecular weight excluding hydrogens is 170 g/mol. The molecule has 0 amide bonds. The van der Waals surface area contributed by atoms with Gasteiger partial charge in [-0.15, -0.1) is 0 Å². The molecule has 0 bridgehead atoms. The van der Waals surface area contributed by atoms with E-state index in [1.54, 1.807) is 0 Å². The second-order valence-electron chi connectivity index (χ2n) is 3.61. The molecule has 0 aromatic rings. The number of thioether (sulfide) groups is 1. The van der Waals surface area contributed by atoms with Crippen molar-refractivity contribution in [1.29, 1.82) is 0 Å². The Labute approximate surface area is 78.4 Å². The summed E-state index contributed by atoms with van der Waals surface area (Å²) in [5.74, 6) is 3.56. The van der Waals surface area contributed by atoms with Crippen molar-refractivity contribution in [2.75, 3.05) is 31.3 Å². The monoisotopic (exact) mass is 187 g/mol. The zero-order valence-corrected chi connectivity index (χ0v) is 8.24. The molecule has 0 radical (unpaired) electrons. The van der Waals surface area contributed by atoms with Crippen molar-refractivity contribution in [2.24, 2.45) is 5.92 Å². The minimum absolute atomic E-state index is 0.645. The van der Waals surface area contributed by atoms with Gasteiger partial charge in [-0.2, -0.15) is 11.8 Å². The van der Waals surface area contributed by atoms with Gasteiger partial charge in [0.1, 0.15) is 0 Å². The minimum Gasteiger partial charge on any atom is -0.379 e. The Morgan fingerprint density at radius 2 is 2.42 bits per heavy atom. The molecule has 2 heterocycles. The Bertz CT molecular complexity index is 114. The zero-order chi connectivity index (χ0) is 8.23. The molecule has 1 N–H and O–H groups in total.